The molecule has 36 heavy (non-hydrogen) atoms. The summed E-state index contributed by atoms with van der Waals surface area (Å²) in [6, 6.07) is 16.1. The first-order chi connectivity index (χ1) is 17.5. The number of aromatic hydroxyl groups is 1. The van der Waals surface area contributed by atoms with E-state index in [1.807, 2.05) is 43.3 Å². The van der Waals surface area contributed by atoms with E-state index in [0.717, 1.165) is 80.1 Å². The number of benzene rings is 2. The van der Waals surface area contributed by atoms with E-state index in [9.17, 15) is 5.11 Å². The number of aryl methyl sites for hydroxylation is 1. The molecule has 0 atom stereocenters. The predicted octanol–water partition coefficient (Wildman–Crippen LogP) is 4.26. The molecule has 1 aliphatic rings. The van der Waals surface area contributed by atoms with Crippen molar-refractivity contribution in [3.63, 3.8) is 0 Å². The van der Waals surface area contributed by atoms with Crippen LogP contribution in [0.5, 0.6) is 11.6 Å². The number of likely N-dealkylation sites (N-methyl/N-ethyl adjacent to an activating group) is 1. The van der Waals surface area contributed by atoms with Crippen LogP contribution in [0, 0.1) is 6.92 Å². The van der Waals surface area contributed by atoms with Gasteiger partial charge in [-0.1, -0.05) is 24.3 Å². The maximum absolute atomic E-state index is 10.3. The van der Waals surface area contributed by atoms with Crippen LogP contribution in [0.3, 0.4) is 0 Å². The molecule has 0 aliphatic carbocycles. The highest BCUT2D eigenvalue weighted by Crippen LogP contribution is 2.28. The highest BCUT2D eigenvalue weighted by molar-refractivity contribution is 6.04. The molecule has 0 unspecified atom stereocenters. The second kappa shape index (κ2) is 11.0. The summed E-state index contributed by atoms with van der Waals surface area (Å²) in [4.78, 5) is 12.4. The zero-order valence-corrected chi connectivity index (χ0v) is 21.0. The Morgan fingerprint density at radius 3 is 2.72 bits per heavy atom. The molecule has 2 aromatic carbocycles. The highest BCUT2D eigenvalue weighted by atomic mass is 16.5. The molecule has 0 spiro atoms. The molecule has 3 heterocycles. The molecule has 8 nitrogen and oxygen atoms in total. The van der Waals surface area contributed by atoms with Crippen LogP contribution in [-0.4, -0.2) is 82.7 Å². The normalized spacial score (nSPS) is 15.3. The largest absolute Gasteiger partial charge is 0.494 e. The third-order valence-electron chi connectivity index (χ3n) is 6.79. The maximum Gasteiger partial charge on any atom is 0.198 e. The lowest BCUT2D eigenvalue weighted by Crippen LogP contribution is -2.44. The van der Waals surface area contributed by atoms with Crippen molar-refractivity contribution in [2.45, 2.75) is 19.8 Å². The van der Waals surface area contributed by atoms with E-state index in [-0.39, 0.29) is 5.88 Å². The number of nitrogens with zero attached hydrogens (tertiary/aromatic N) is 4. The molecule has 188 valence electrons. The fraction of sp³-hybridized carbons (Fsp3) is 0.357. The molecule has 1 fully saturated rings. The van der Waals surface area contributed by atoms with Crippen LogP contribution in [0.25, 0.3) is 10.9 Å². The third kappa shape index (κ3) is 5.78. The summed E-state index contributed by atoms with van der Waals surface area (Å²) >= 11 is 0. The number of aliphatic imine (C=N–C) groups is 1. The van der Waals surface area contributed by atoms with Crippen LogP contribution >= 0.6 is 0 Å². The number of fused-ring (bicyclic) bond motifs is 1. The Labute approximate surface area is 211 Å². The third-order valence-corrected chi connectivity index (χ3v) is 6.79. The Balaban J connectivity index is 1.12. The zero-order chi connectivity index (χ0) is 24.9. The van der Waals surface area contributed by atoms with Gasteiger partial charge in [0.2, 0.25) is 0 Å². The maximum atomic E-state index is 10.3. The number of hydrogen-bond donors (Lipinski definition) is 3. The summed E-state index contributed by atoms with van der Waals surface area (Å²) in [6.07, 6.45) is 3.43. The zero-order valence-electron chi connectivity index (χ0n) is 21.0. The lowest BCUT2D eigenvalue weighted by atomic mass is 10.1. The van der Waals surface area contributed by atoms with Crippen molar-refractivity contribution in [2.75, 3.05) is 46.4 Å². The number of ether oxygens (including phenoxy) is 1. The number of H-pyrrole nitrogens is 2. The molecular weight excluding hydrogens is 452 g/mol. The summed E-state index contributed by atoms with van der Waals surface area (Å²) in [5.74, 6) is 1.59. The predicted molar refractivity (Wildman–Crippen MR) is 144 cm³/mol. The summed E-state index contributed by atoms with van der Waals surface area (Å²) in [5.41, 5.74) is 4.78. The average molecular weight is 487 g/mol. The molecular formula is C28H34N6O2. The highest BCUT2D eigenvalue weighted by Gasteiger charge is 2.13. The van der Waals surface area contributed by atoms with Gasteiger partial charge in [0.15, 0.2) is 11.7 Å². The van der Waals surface area contributed by atoms with Gasteiger partial charge in [-0.2, -0.15) is 5.10 Å². The van der Waals surface area contributed by atoms with E-state index >= 15 is 0 Å². The van der Waals surface area contributed by atoms with Crippen LogP contribution in [0.1, 0.15) is 28.8 Å². The number of aromatic nitrogens is 3. The van der Waals surface area contributed by atoms with Gasteiger partial charge in [0.05, 0.1) is 12.2 Å². The van der Waals surface area contributed by atoms with Crippen LogP contribution in [-0.2, 0) is 6.42 Å². The molecule has 4 aromatic rings. The van der Waals surface area contributed by atoms with E-state index in [1.54, 1.807) is 6.21 Å². The Morgan fingerprint density at radius 2 is 1.92 bits per heavy atom. The fourth-order valence-corrected chi connectivity index (χ4v) is 4.68. The molecule has 0 saturated carbocycles. The second-order valence-electron chi connectivity index (χ2n) is 9.56. The molecule has 8 heteroatoms. The molecule has 1 aliphatic heterocycles. The molecule has 3 N–H and O–H groups in total. The summed E-state index contributed by atoms with van der Waals surface area (Å²) < 4.78 is 5.94. The average Bonchev–Trinajstić information content (AvgIpc) is 3.46. The van der Waals surface area contributed by atoms with E-state index in [2.05, 4.69) is 49.2 Å². The Hall–Kier alpha value is -3.62. The van der Waals surface area contributed by atoms with Gasteiger partial charge in [0, 0.05) is 68.0 Å². The summed E-state index contributed by atoms with van der Waals surface area (Å²) in [7, 11) is 2.18. The van der Waals surface area contributed by atoms with Crippen LogP contribution < -0.4 is 4.74 Å². The first-order valence-corrected chi connectivity index (χ1v) is 12.6. The first-order valence-electron chi connectivity index (χ1n) is 12.6. The lowest BCUT2D eigenvalue weighted by Gasteiger charge is -2.32. The molecule has 0 amide bonds. The van der Waals surface area contributed by atoms with Crippen molar-refractivity contribution in [3.05, 3.63) is 70.9 Å². The molecule has 2 aromatic heterocycles. The molecule has 0 bridgehead atoms. The van der Waals surface area contributed by atoms with Gasteiger partial charge in [-0.05, 0) is 49.7 Å². The number of hydrogen-bond acceptors (Lipinski definition) is 6. The first kappa shape index (κ1) is 24.1. The van der Waals surface area contributed by atoms with Gasteiger partial charge in [0.1, 0.15) is 5.75 Å². The van der Waals surface area contributed by atoms with Gasteiger partial charge >= 0.3 is 0 Å². The van der Waals surface area contributed by atoms with Crippen molar-refractivity contribution in [1.82, 2.24) is 25.0 Å². The molecule has 0 radical (unpaired) electrons. The Bertz CT molecular complexity index is 1320. The Kier molecular flexibility index (Phi) is 7.34. The van der Waals surface area contributed by atoms with Crippen molar-refractivity contribution >= 4 is 22.9 Å². The minimum absolute atomic E-state index is 0.112. The topological polar surface area (TPSA) is 92.8 Å². The van der Waals surface area contributed by atoms with Gasteiger partial charge in [-0.15, -0.1) is 0 Å². The minimum Gasteiger partial charge on any atom is -0.494 e. The summed E-state index contributed by atoms with van der Waals surface area (Å²) in [5, 5.41) is 18.6. The van der Waals surface area contributed by atoms with E-state index in [0.29, 0.717) is 11.4 Å². The quantitative estimate of drug-likeness (QED) is 0.243. The van der Waals surface area contributed by atoms with E-state index < -0.39 is 0 Å². The standard InChI is InChI=1S/C28H34N6O2/c1-20-5-3-6-25-27(20)24(28(35)30-25)19-29-26-18-22(31-32-26)17-21-7-9-23(10-8-21)36-16-4-11-34-14-12-33(2)13-15-34/h3,5-10,18-19,30,35H,4,11-17H2,1-2H3,(H,31,32). The van der Waals surface area contributed by atoms with Gasteiger partial charge < -0.3 is 24.6 Å². The smallest absolute Gasteiger partial charge is 0.198 e. The monoisotopic (exact) mass is 486 g/mol. The minimum atomic E-state index is 0.112. The van der Waals surface area contributed by atoms with Crippen LogP contribution in [0.2, 0.25) is 0 Å². The second-order valence-corrected chi connectivity index (χ2v) is 9.56. The van der Waals surface area contributed by atoms with Crippen LogP contribution in [0.15, 0.2) is 53.5 Å². The lowest BCUT2D eigenvalue weighted by molar-refractivity contribution is 0.145. The van der Waals surface area contributed by atoms with Crippen molar-refractivity contribution in [2.24, 2.45) is 4.99 Å². The fourth-order valence-electron chi connectivity index (χ4n) is 4.68. The SMILES string of the molecule is Cc1cccc2[nH]c(O)c(C=Nc3cc(Cc4ccc(OCCCN5CCN(C)CC5)cc4)[nH]n3)c12. The van der Waals surface area contributed by atoms with Gasteiger partial charge in [-0.3, -0.25) is 5.10 Å². The number of aromatic amines is 2. The number of rotatable bonds is 9. The molecule has 1 saturated heterocycles. The number of piperazine rings is 1. The van der Waals surface area contributed by atoms with Gasteiger partial charge in [0.25, 0.3) is 0 Å². The summed E-state index contributed by atoms with van der Waals surface area (Å²) in [6.45, 7) is 8.45. The van der Waals surface area contributed by atoms with Crippen molar-refractivity contribution in [3.8, 4) is 11.6 Å². The van der Waals surface area contributed by atoms with Crippen molar-refractivity contribution < 1.29 is 9.84 Å². The van der Waals surface area contributed by atoms with Crippen LogP contribution in [0.4, 0.5) is 5.82 Å². The van der Waals surface area contributed by atoms with Gasteiger partial charge in [-0.25, -0.2) is 4.99 Å². The van der Waals surface area contributed by atoms with Crippen molar-refractivity contribution in [1.29, 1.82) is 0 Å². The van der Waals surface area contributed by atoms with E-state index in [4.69, 9.17) is 4.74 Å². The van der Waals surface area contributed by atoms with E-state index in [1.165, 1.54) is 5.56 Å². The Morgan fingerprint density at radius 1 is 1.11 bits per heavy atom. The molecule has 5 rings (SSSR count). The number of nitrogens with one attached hydrogen (secondary N) is 2.